The van der Waals surface area contributed by atoms with Crippen LogP contribution in [0.15, 0.2) is 30.9 Å². The van der Waals surface area contributed by atoms with Gasteiger partial charge in [-0.1, -0.05) is 25.5 Å². The number of carbonyl (C=O) groups excluding carboxylic acids is 2. The molecule has 1 aliphatic rings. The van der Waals surface area contributed by atoms with Crippen LogP contribution >= 0.6 is 0 Å². The Morgan fingerprint density at radius 3 is 2.58 bits per heavy atom. The van der Waals surface area contributed by atoms with Crippen molar-refractivity contribution in [3.8, 4) is 11.5 Å². The van der Waals surface area contributed by atoms with Crippen LogP contribution in [-0.4, -0.2) is 50.1 Å². The number of likely N-dealkylation sites (tertiary alicyclic amines) is 1. The molecule has 1 fully saturated rings. The van der Waals surface area contributed by atoms with Crippen molar-refractivity contribution in [2.75, 3.05) is 33.4 Å². The average Bonchev–Trinajstić information content (AvgIpc) is 2.95. The highest BCUT2D eigenvalue weighted by atomic mass is 16.5. The van der Waals surface area contributed by atoms with Crippen molar-refractivity contribution in [1.29, 1.82) is 0 Å². The predicted octanol–water partition coefficient (Wildman–Crippen LogP) is 2.78. The second-order valence-electron chi connectivity index (χ2n) is 6.27. The molecule has 6 nitrogen and oxygen atoms in total. The van der Waals surface area contributed by atoms with Gasteiger partial charge in [0.25, 0.3) is 5.91 Å². The number of rotatable bonds is 8. The molecule has 0 aliphatic carbocycles. The van der Waals surface area contributed by atoms with E-state index >= 15 is 0 Å². The second-order valence-corrected chi connectivity index (χ2v) is 6.27. The molecule has 1 aromatic rings. The zero-order chi connectivity index (χ0) is 18.8. The Hall–Kier alpha value is -2.50. The molecule has 6 heteroatoms. The van der Waals surface area contributed by atoms with Gasteiger partial charge in [-0.2, -0.15) is 0 Å². The van der Waals surface area contributed by atoms with Crippen LogP contribution in [0.4, 0.5) is 0 Å². The minimum absolute atomic E-state index is 0.109. The van der Waals surface area contributed by atoms with Crippen LogP contribution in [-0.2, 0) is 4.79 Å². The number of ether oxygens (including phenoxy) is 2. The van der Waals surface area contributed by atoms with E-state index in [-0.39, 0.29) is 11.8 Å². The first-order valence-electron chi connectivity index (χ1n) is 9.13. The van der Waals surface area contributed by atoms with Crippen LogP contribution in [0, 0.1) is 0 Å². The van der Waals surface area contributed by atoms with Gasteiger partial charge in [0.15, 0.2) is 11.5 Å². The van der Waals surface area contributed by atoms with Crippen LogP contribution in [0.1, 0.15) is 42.5 Å². The first-order chi connectivity index (χ1) is 12.7. The summed E-state index contributed by atoms with van der Waals surface area (Å²) in [5.74, 6) is 0.917. The molecule has 0 unspecified atom stereocenters. The SMILES string of the molecule is C=CCOc1ccc(C(=O)NCCC(=O)N2CCCCCC2)cc1OC. The lowest BCUT2D eigenvalue weighted by Gasteiger charge is -2.20. The normalized spacial score (nSPS) is 14.3. The van der Waals surface area contributed by atoms with Crippen LogP contribution in [0.3, 0.4) is 0 Å². The van der Waals surface area contributed by atoms with Crippen molar-refractivity contribution in [2.24, 2.45) is 0 Å². The van der Waals surface area contributed by atoms with Gasteiger partial charge in [-0.25, -0.2) is 0 Å². The molecule has 2 rings (SSSR count). The predicted molar refractivity (Wildman–Crippen MR) is 101 cm³/mol. The molecule has 1 saturated heterocycles. The van der Waals surface area contributed by atoms with E-state index in [2.05, 4.69) is 11.9 Å². The van der Waals surface area contributed by atoms with Crippen molar-refractivity contribution >= 4 is 11.8 Å². The van der Waals surface area contributed by atoms with Gasteiger partial charge in [-0.3, -0.25) is 9.59 Å². The van der Waals surface area contributed by atoms with Gasteiger partial charge < -0.3 is 19.7 Å². The quantitative estimate of drug-likeness (QED) is 0.724. The number of hydrogen-bond donors (Lipinski definition) is 1. The third-order valence-corrected chi connectivity index (χ3v) is 4.37. The highest BCUT2D eigenvalue weighted by Crippen LogP contribution is 2.28. The maximum absolute atomic E-state index is 12.3. The average molecular weight is 360 g/mol. The summed E-state index contributed by atoms with van der Waals surface area (Å²) in [5.41, 5.74) is 0.468. The van der Waals surface area contributed by atoms with E-state index in [0.29, 0.717) is 36.6 Å². The highest BCUT2D eigenvalue weighted by Gasteiger charge is 2.16. The number of hydrogen-bond acceptors (Lipinski definition) is 4. The fourth-order valence-electron chi connectivity index (χ4n) is 2.94. The summed E-state index contributed by atoms with van der Waals surface area (Å²) < 4.78 is 10.7. The number of benzene rings is 1. The molecule has 0 radical (unpaired) electrons. The Morgan fingerprint density at radius 2 is 1.92 bits per heavy atom. The highest BCUT2D eigenvalue weighted by molar-refractivity contribution is 5.95. The molecule has 2 amide bonds. The molecule has 1 N–H and O–H groups in total. The Kier molecular flexibility index (Phi) is 7.99. The zero-order valence-corrected chi connectivity index (χ0v) is 15.5. The van der Waals surface area contributed by atoms with E-state index in [9.17, 15) is 9.59 Å². The van der Waals surface area contributed by atoms with Crippen molar-refractivity contribution in [1.82, 2.24) is 10.2 Å². The van der Waals surface area contributed by atoms with Crippen molar-refractivity contribution in [3.05, 3.63) is 36.4 Å². The third kappa shape index (κ3) is 5.79. The molecule has 0 bridgehead atoms. The topological polar surface area (TPSA) is 67.9 Å². The lowest BCUT2D eigenvalue weighted by molar-refractivity contribution is -0.131. The molecule has 1 aliphatic heterocycles. The van der Waals surface area contributed by atoms with E-state index in [0.717, 1.165) is 25.9 Å². The summed E-state index contributed by atoms with van der Waals surface area (Å²) >= 11 is 0. The van der Waals surface area contributed by atoms with Gasteiger partial charge in [0, 0.05) is 31.6 Å². The van der Waals surface area contributed by atoms with Gasteiger partial charge in [0.2, 0.25) is 5.91 Å². The molecule has 1 heterocycles. The van der Waals surface area contributed by atoms with Crippen molar-refractivity contribution in [3.63, 3.8) is 0 Å². The van der Waals surface area contributed by atoms with E-state index < -0.39 is 0 Å². The monoisotopic (exact) mass is 360 g/mol. The largest absolute Gasteiger partial charge is 0.493 e. The lowest BCUT2D eigenvalue weighted by atomic mass is 10.2. The van der Waals surface area contributed by atoms with Gasteiger partial charge >= 0.3 is 0 Å². The molecule has 0 aromatic heterocycles. The lowest BCUT2D eigenvalue weighted by Crippen LogP contribution is -2.35. The molecule has 0 saturated carbocycles. The minimum atomic E-state index is -0.234. The Labute approximate surface area is 155 Å². The molecular weight excluding hydrogens is 332 g/mol. The summed E-state index contributed by atoms with van der Waals surface area (Å²) in [6.07, 6.45) is 6.48. The minimum Gasteiger partial charge on any atom is -0.493 e. The van der Waals surface area contributed by atoms with Crippen LogP contribution < -0.4 is 14.8 Å². The van der Waals surface area contributed by atoms with E-state index in [1.807, 2.05) is 4.90 Å². The van der Waals surface area contributed by atoms with Gasteiger partial charge in [-0.15, -0.1) is 0 Å². The van der Waals surface area contributed by atoms with Crippen LogP contribution in [0.5, 0.6) is 11.5 Å². The summed E-state index contributed by atoms with van der Waals surface area (Å²) in [4.78, 5) is 26.5. The van der Waals surface area contributed by atoms with Crippen molar-refractivity contribution < 1.29 is 19.1 Å². The van der Waals surface area contributed by atoms with Crippen molar-refractivity contribution in [2.45, 2.75) is 32.1 Å². The molecule has 0 spiro atoms. The van der Waals surface area contributed by atoms with Gasteiger partial charge in [0.05, 0.1) is 7.11 Å². The summed E-state index contributed by atoms with van der Waals surface area (Å²) in [7, 11) is 1.53. The first kappa shape index (κ1) is 19.8. The number of nitrogens with zero attached hydrogens (tertiary/aromatic N) is 1. The molecular formula is C20H28N2O4. The Balaban J connectivity index is 1.85. The molecule has 26 heavy (non-hydrogen) atoms. The van der Waals surface area contributed by atoms with Gasteiger partial charge in [-0.05, 0) is 31.0 Å². The number of methoxy groups -OCH3 is 1. The zero-order valence-electron chi connectivity index (χ0n) is 15.5. The smallest absolute Gasteiger partial charge is 0.251 e. The maximum Gasteiger partial charge on any atom is 0.251 e. The fourth-order valence-corrected chi connectivity index (χ4v) is 2.94. The summed E-state index contributed by atoms with van der Waals surface area (Å²) in [6.45, 7) is 5.95. The first-order valence-corrected chi connectivity index (χ1v) is 9.13. The van der Waals surface area contributed by atoms with E-state index in [4.69, 9.17) is 9.47 Å². The van der Waals surface area contributed by atoms with E-state index in [1.54, 1.807) is 24.3 Å². The number of carbonyl (C=O) groups is 2. The second kappa shape index (κ2) is 10.5. The number of nitrogens with one attached hydrogen (secondary N) is 1. The standard InChI is InChI=1S/C20H28N2O4/c1-3-14-26-17-9-8-16(15-18(17)25-2)20(24)21-11-10-19(23)22-12-6-4-5-7-13-22/h3,8-9,15H,1,4-7,10-14H2,2H3,(H,21,24). The number of amides is 2. The molecule has 142 valence electrons. The van der Waals surface area contributed by atoms with Crippen LogP contribution in [0.25, 0.3) is 0 Å². The van der Waals surface area contributed by atoms with E-state index in [1.165, 1.54) is 20.0 Å². The van der Waals surface area contributed by atoms with Gasteiger partial charge in [0.1, 0.15) is 6.61 Å². The molecule has 1 aromatic carbocycles. The summed E-state index contributed by atoms with van der Waals surface area (Å²) in [6, 6.07) is 5.00. The summed E-state index contributed by atoms with van der Waals surface area (Å²) in [5, 5.41) is 2.80. The Bertz CT molecular complexity index is 622. The van der Waals surface area contributed by atoms with Crippen LogP contribution in [0.2, 0.25) is 0 Å². The fraction of sp³-hybridized carbons (Fsp3) is 0.500. The molecule has 0 atom stereocenters. The maximum atomic E-state index is 12.3. The Morgan fingerprint density at radius 1 is 1.19 bits per heavy atom. The third-order valence-electron chi connectivity index (χ3n) is 4.37.